The molecule has 43 heavy (non-hydrogen) atoms. The lowest BCUT2D eigenvalue weighted by Crippen LogP contribution is -2.55. The van der Waals surface area contributed by atoms with Gasteiger partial charge in [-0.3, -0.25) is 14.4 Å². The first-order valence-corrected chi connectivity index (χ1v) is 15.0. The Hall–Kier alpha value is -4.15. The highest BCUT2D eigenvalue weighted by atomic mass is 16.3. The van der Waals surface area contributed by atoms with Gasteiger partial charge >= 0.3 is 0 Å². The van der Waals surface area contributed by atoms with Gasteiger partial charge in [0.1, 0.15) is 5.60 Å². The van der Waals surface area contributed by atoms with E-state index < -0.39 is 16.9 Å². The summed E-state index contributed by atoms with van der Waals surface area (Å²) < 4.78 is 0. The molecule has 1 aliphatic rings. The molecule has 0 heterocycles. The van der Waals surface area contributed by atoms with Gasteiger partial charge < -0.3 is 5.11 Å². The summed E-state index contributed by atoms with van der Waals surface area (Å²) in [4.78, 5) is 44.1. The zero-order chi connectivity index (χ0) is 31.1. The molecule has 1 N–H and O–H groups in total. The second kappa shape index (κ2) is 11.5. The summed E-state index contributed by atoms with van der Waals surface area (Å²) in [6.45, 7) is 11.7. The van der Waals surface area contributed by atoms with Crippen molar-refractivity contribution in [2.75, 3.05) is 0 Å². The summed E-state index contributed by atoms with van der Waals surface area (Å²) in [5, 5.41) is 12.4. The van der Waals surface area contributed by atoms with E-state index >= 15 is 9.59 Å². The minimum atomic E-state index is -1.79. The molecule has 4 aromatic carbocycles. The van der Waals surface area contributed by atoms with Crippen molar-refractivity contribution in [1.82, 2.24) is 0 Å². The zero-order valence-corrected chi connectivity index (χ0v) is 26.0. The predicted molar refractivity (Wildman–Crippen MR) is 171 cm³/mol. The Morgan fingerprint density at radius 1 is 0.605 bits per heavy atom. The second-order valence-electron chi connectivity index (χ2n) is 12.6. The molecule has 1 fully saturated rings. The quantitative estimate of drug-likeness (QED) is 0.179. The van der Waals surface area contributed by atoms with E-state index in [1.54, 1.807) is 24.3 Å². The van der Waals surface area contributed by atoms with Crippen LogP contribution in [0.25, 0.3) is 0 Å². The van der Waals surface area contributed by atoms with E-state index in [9.17, 15) is 9.90 Å². The van der Waals surface area contributed by atoms with Crippen LogP contribution in [0.15, 0.2) is 84.9 Å². The summed E-state index contributed by atoms with van der Waals surface area (Å²) in [5.41, 5.74) is 4.36. The van der Waals surface area contributed by atoms with Gasteiger partial charge in [0.25, 0.3) is 0 Å². The molecular formula is C39H40O4. The normalized spacial score (nSPS) is 19.6. The van der Waals surface area contributed by atoms with Gasteiger partial charge in [0.15, 0.2) is 17.3 Å². The van der Waals surface area contributed by atoms with Crippen LogP contribution in [-0.2, 0) is 0 Å². The van der Waals surface area contributed by atoms with Crippen molar-refractivity contribution in [3.05, 3.63) is 141 Å². The smallest absolute Gasteiger partial charge is 0.194 e. The maximum absolute atomic E-state index is 15.0. The van der Waals surface area contributed by atoms with Crippen LogP contribution < -0.4 is 0 Å². The number of Topliss-reactive ketones (excluding diaryl/α,β-unsaturated/α-hetero) is 3. The summed E-state index contributed by atoms with van der Waals surface area (Å²) in [5.74, 6) is -1.63. The molecule has 2 unspecified atom stereocenters. The number of carbonyl (C=O) groups is 3. The average molecular weight is 573 g/mol. The van der Waals surface area contributed by atoms with E-state index in [4.69, 9.17) is 0 Å². The average Bonchev–Trinajstić information content (AvgIpc) is 2.97. The lowest BCUT2D eigenvalue weighted by atomic mass is 9.55. The van der Waals surface area contributed by atoms with Crippen LogP contribution in [0.2, 0.25) is 0 Å². The molecule has 0 spiro atoms. The number of aryl methyl sites for hydroxylation is 6. The van der Waals surface area contributed by atoms with Gasteiger partial charge in [0.05, 0.1) is 5.41 Å². The summed E-state index contributed by atoms with van der Waals surface area (Å²) in [7, 11) is 0. The number of benzene rings is 4. The van der Waals surface area contributed by atoms with Crippen molar-refractivity contribution < 1.29 is 19.5 Å². The van der Waals surface area contributed by atoms with E-state index in [1.165, 1.54) is 0 Å². The first kappa shape index (κ1) is 30.3. The van der Waals surface area contributed by atoms with Crippen LogP contribution in [0, 0.1) is 47.0 Å². The molecule has 0 aromatic heterocycles. The van der Waals surface area contributed by atoms with E-state index in [0.717, 1.165) is 38.9 Å². The fourth-order valence-electron chi connectivity index (χ4n) is 7.46. The van der Waals surface area contributed by atoms with Crippen molar-refractivity contribution in [1.29, 1.82) is 0 Å². The monoisotopic (exact) mass is 572 g/mol. The molecule has 4 heteroatoms. The second-order valence-corrected chi connectivity index (χ2v) is 12.6. The molecule has 0 aliphatic heterocycles. The summed E-state index contributed by atoms with van der Waals surface area (Å²) in [6, 6.07) is 26.1. The number of carbonyl (C=O) groups excluding carboxylic acids is 3. The first-order valence-electron chi connectivity index (χ1n) is 15.0. The van der Waals surface area contributed by atoms with E-state index in [0.29, 0.717) is 16.7 Å². The molecule has 1 aliphatic carbocycles. The standard InChI is InChI=1S/C39H40O4/c1-24-19-26(3)33(27(4)20-24)36(41)38(37(42)34-28(5)21-25(2)22-29(34)6)17-18-39(43,35(40)31-15-11-8-12-16-31)32(23-38)30-13-9-7-10-14-30/h7-16,19-22,32,43H,17-18,23H2,1-6H3. The Morgan fingerprint density at radius 3 is 1.47 bits per heavy atom. The maximum atomic E-state index is 15.0. The Kier molecular flexibility index (Phi) is 8.11. The lowest BCUT2D eigenvalue weighted by molar-refractivity contribution is -0.0237. The van der Waals surface area contributed by atoms with Gasteiger partial charge in [0.2, 0.25) is 0 Å². The minimum absolute atomic E-state index is 0.0171. The summed E-state index contributed by atoms with van der Waals surface area (Å²) in [6.07, 6.45) is 0.0531. The van der Waals surface area contributed by atoms with Gasteiger partial charge in [0, 0.05) is 22.6 Å². The number of hydrogen-bond acceptors (Lipinski definition) is 4. The zero-order valence-electron chi connectivity index (χ0n) is 26.0. The maximum Gasteiger partial charge on any atom is 0.194 e. The van der Waals surface area contributed by atoms with Crippen molar-refractivity contribution in [2.24, 2.45) is 5.41 Å². The fraction of sp³-hybridized carbons (Fsp3) is 0.308. The lowest BCUT2D eigenvalue weighted by Gasteiger charge is -2.47. The molecular weight excluding hydrogens is 532 g/mol. The van der Waals surface area contributed by atoms with Crippen molar-refractivity contribution >= 4 is 17.3 Å². The number of aliphatic hydroxyl groups is 1. The Balaban J connectivity index is 1.74. The predicted octanol–water partition coefficient (Wildman–Crippen LogP) is 8.17. The fourth-order valence-corrected chi connectivity index (χ4v) is 7.46. The molecule has 4 nitrogen and oxygen atoms in total. The van der Waals surface area contributed by atoms with Crippen LogP contribution in [0.1, 0.15) is 95.2 Å². The van der Waals surface area contributed by atoms with Crippen LogP contribution in [-0.4, -0.2) is 28.1 Å². The number of rotatable bonds is 7. The highest BCUT2D eigenvalue weighted by molar-refractivity contribution is 6.22. The third-order valence-corrected chi connectivity index (χ3v) is 9.37. The van der Waals surface area contributed by atoms with Gasteiger partial charge in [-0.2, -0.15) is 0 Å². The van der Waals surface area contributed by atoms with E-state index in [-0.39, 0.29) is 36.6 Å². The molecule has 220 valence electrons. The molecule has 0 radical (unpaired) electrons. The molecule has 1 saturated carbocycles. The molecule has 5 rings (SSSR count). The minimum Gasteiger partial charge on any atom is -0.381 e. The van der Waals surface area contributed by atoms with Crippen LogP contribution >= 0.6 is 0 Å². The first-order chi connectivity index (χ1) is 20.4. The van der Waals surface area contributed by atoms with Crippen LogP contribution in [0.4, 0.5) is 0 Å². The molecule has 4 aromatic rings. The molecule has 2 atom stereocenters. The largest absolute Gasteiger partial charge is 0.381 e. The molecule has 0 saturated heterocycles. The molecule has 0 bridgehead atoms. The number of ketones is 3. The van der Waals surface area contributed by atoms with Crippen molar-refractivity contribution in [3.63, 3.8) is 0 Å². The van der Waals surface area contributed by atoms with Crippen molar-refractivity contribution in [2.45, 2.75) is 72.3 Å². The topological polar surface area (TPSA) is 71.4 Å². The molecule has 0 amide bonds. The van der Waals surface area contributed by atoms with Gasteiger partial charge in [-0.1, -0.05) is 96.1 Å². The highest BCUT2D eigenvalue weighted by Gasteiger charge is 2.59. The Bertz CT molecular complexity index is 1600. The van der Waals surface area contributed by atoms with Crippen LogP contribution in [0.5, 0.6) is 0 Å². The Labute approximate surface area is 254 Å². The number of hydrogen-bond donors (Lipinski definition) is 1. The Morgan fingerprint density at radius 2 is 1.02 bits per heavy atom. The third kappa shape index (κ3) is 5.29. The van der Waals surface area contributed by atoms with Gasteiger partial charge in [-0.25, -0.2) is 0 Å². The van der Waals surface area contributed by atoms with Gasteiger partial charge in [-0.15, -0.1) is 0 Å². The van der Waals surface area contributed by atoms with Crippen LogP contribution in [0.3, 0.4) is 0 Å². The van der Waals surface area contributed by atoms with E-state index in [1.807, 2.05) is 102 Å². The SMILES string of the molecule is Cc1cc(C)c(C(=O)C2(C(=O)c3c(C)cc(C)cc3C)CCC(O)(C(=O)c3ccccc3)C(c3ccccc3)C2)c(C)c1. The highest BCUT2D eigenvalue weighted by Crippen LogP contribution is 2.54. The van der Waals surface area contributed by atoms with Gasteiger partial charge in [-0.05, 0) is 88.6 Å². The van der Waals surface area contributed by atoms with E-state index in [2.05, 4.69) is 0 Å². The third-order valence-electron chi connectivity index (χ3n) is 9.37. The summed E-state index contributed by atoms with van der Waals surface area (Å²) >= 11 is 0. The van der Waals surface area contributed by atoms with Crippen molar-refractivity contribution in [3.8, 4) is 0 Å².